The van der Waals surface area contributed by atoms with E-state index in [0.717, 1.165) is 24.9 Å². The molecule has 1 aliphatic carbocycles. The number of halogens is 1. The average Bonchev–Trinajstić information content (AvgIpc) is 3.03. The Balaban J connectivity index is 1.67. The summed E-state index contributed by atoms with van der Waals surface area (Å²) in [4.78, 5) is 24.6. The molecule has 3 atom stereocenters. The molecule has 1 saturated heterocycles. The zero-order valence-electron chi connectivity index (χ0n) is 15.5. The van der Waals surface area contributed by atoms with E-state index in [-0.39, 0.29) is 11.7 Å². The molecule has 1 saturated carbocycles. The minimum Gasteiger partial charge on any atom is -0.493 e. The number of nitrogens with zero attached hydrogens (tertiary/aromatic N) is 1. The lowest BCUT2D eigenvalue weighted by Gasteiger charge is -2.25. The van der Waals surface area contributed by atoms with Crippen LogP contribution in [0.15, 0.2) is 12.1 Å². The standard InChI is InChI=1S/C19H25ClN2O5/c1-22(14-5-12-7-17(23)21-8-13(12)6-14)9-11-3-15(20)19(16(4-11)26-2)27-10-18(24)25/h3-4,12-14H,5-10H2,1-2H3,(H,21,23)(H,24,25)/t12-,13+,14-/m1/s1. The summed E-state index contributed by atoms with van der Waals surface area (Å²) in [6.45, 7) is 0.983. The molecular formula is C19H25ClN2O5. The Bertz CT molecular complexity index is 726. The first-order valence-electron chi connectivity index (χ1n) is 9.05. The first-order chi connectivity index (χ1) is 12.9. The first-order valence-corrected chi connectivity index (χ1v) is 9.43. The number of hydrogen-bond acceptors (Lipinski definition) is 5. The predicted molar refractivity (Wildman–Crippen MR) is 100 cm³/mol. The van der Waals surface area contributed by atoms with Crippen LogP contribution >= 0.6 is 11.6 Å². The Kier molecular flexibility index (Phi) is 6.11. The molecule has 0 aromatic heterocycles. The number of ether oxygens (including phenoxy) is 2. The Morgan fingerprint density at radius 3 is 2.81 bits per heavy atom. The monoisotopic (exact) mass is 396 g/mol. The number of rotatable bonds is 7. The third-order valence-electron chi connectivity index (χ3n) is 5.51. The minimum atomic E-state index is -1.08. The van der Waals surface area contributed by atoms with Crippen molar-refractivity contribution < 1.29 is 24.2 Å². The van der Waals surface area contributed by atoms with Crippen LogP contribution in [0.1, 0.15) is 24.8 Å². The van der Waals surface area contributed by atoms with Crippen LogP contribution in [-0.4, -0.2) is 55.2 Å². The molecule has 0 unspecified atom stereocenters. The third-order valence-corrected chi connectivity index (χ3v) is 5.79. The molecule has 7 nitrogen and oxygen atoms in total. The van der Waals surface area contributed by atoms with Gasteiger partial charge in [-0.15, -0.1) is 0 Å². The lowest BCUT2D eigenvalue weighted by molar-refractivity contribution is -0.139. The number of piperidine rings is 1. The summed E-state index contributed by atoms with van der Waals surface area (Å²) in [6.07, 6.45) is 2.73. The molecular weight excluding hydrogens is 372 g/mol. The smallest absolute Gasteiger partial charge is 0.341 e. The van der Waals surface area contributed by atoms with Gasteiger partial charge in [0.2, 0.25) is 5.91 Å². The number of nitrogens with one attached hydrogen (secondary N) is 1. The number of carboxylic acid groups (broad SMARTS) is 1. The second kappa shape index (κ2) is 8.35. The van der Waals surface area contributed by atoms with Crippen molar-refractivity contribution in [3.8, 4) is 11.5 Å². The lowest BCUT2D eigenvalue weighted by Crippen LogP contribution is -2.38. The van der Waals surface area contributed by atoms with E-state index in [0.29, 0.717) is 41.6 Å². The highest BCUT2D eigenvalue weighted by atomic mass is 35.5. The fourth-order valence-corrected chi connectivity index (χ4v) is 4.44. The molecule has 1 heterocycles. The van der Waals surface area contributed by atoms with Crippen LogP contribution in [0.4, 0.5) is 0 Å². The topological polar surface area (TPSA) is 88.1 Å². The van der Waals surface area contributed by atoms with Crippen molar-refractivity contribution in [2.75, 3.05) is 27.3 Å². The molecule has 1 amide bonds. The number of amides is 1. The predicted octanol–water partition coefficient (Wildman–Crippen LogP) is 2.16. The van der Waals surface area contributed by atoms with Crippen molar-refractivity contribution in [1.29, 1.82) is 0 Å². The van der Waals surface area contributed by atoms with E-state index in [2.05, 4.69) is 17.3 Å². The van der Waals surface area contributed by atoms with Gasteiger partial charge in [0.25, 0.3) is 0 Å². The van der Waals surface area contributed by atoms with Gasteiger partial charge in [-0.2, -0.15) is 0 Å². The van der Waals surface area contributed by atoms with E-state index in [1.54, 1.807) is 6.07 Å². The fourth-order valence-electron chi connectivity index (χ4n) is 4.15. The highest BCUT2D eigenvalue weighted by molar-refractivity contribution is 6.32. The van der Waals surface area contributed by atoms with Crippen molar-refractivity contribution in [3.63, 3.8) is 0 Å². The number of fused-ring (bicyclic) bond motifs is 1. The summed E-state index contributed by atoms with van der Waals surface area (Å²) in [7, 11) is 3.57. The highest BCUT2D eigenvalue weighted by Crippen LogP contribution is 2.40. The van der Waals surface area contributed by atoms with Gasteiger partial charge in [0.1, 0.15) is 0 Å². The molecule has 1 aromatic carbocycles. The zero-order chi connectivity index (χ0) is 19.6. The van der Waals surface area contributed by atoms with Crippen LogP contribution in [0.2, 0.25) is 5.02 Å². The fraction of sp³-hybridized carbons (Fsp3) is 0.579. The van der Waals surface area contributed by atoms with Gasteiger partial charge in [-0.05, 0) is 49.4 Å². The van der Waals surface area contributed by atoms with Crippen LogP contribution in [0, 0.1) is 11.8 Å². The van der Waals surface area contributed by atoms with Gasteiger partial charge in [-0.25, -0.2) is 4.79 Å². The maximum Gasteiger partial charge on any atom is 0.341 e. The molecule has 2 N–H and O–H groups in total. The Morgan fingerprint density at radius 2 is 2.11 bits per heavy atom. The van der Waals surface area contributed by atoms with Crippen LogP contribution in [0.3, 0.4) is 0 Å². The van der Waals surface area contributed by atoms with E-state index in [4.69, 9.17) is 26.2 Å². The van der Waals surface area contributed by atoms with Gasteiger partial charge in [0.05, 0.1) is 12.1 Å². The highest BCUT2D eigenvalue weighted by Gasteiger charge is 2.39. The number of benzene rings is 1. The SMILES string of the molecule is COc1cc(CN(C)[C@H]2C[C@H]3CNC(=O)C[C@H]3C2)cc(Cl)c1OCC(=O)O. The quantitative estimate of drug-likeness (QED) is 0.734. The largest absolute Gasteiger partial charge is 0.493 e. The molecule has 2 fully saturated rings. The van der Waals surface area contributed by atoms with E-state index in [9.17, 15) is 9.59 Å². The number of aliphatic carboxylic acids is 1. The second-order valence-corrected chi connectivity index (χ2v) is 7.77. The van der Waals surface area contributed by atoms with Gasteiger partial charge in [0, 0.05) is 25.6 Å². The third kappa shape index (κ3) is 4.65. The zero-order valence-corrected chi connectivity index (χ0v) is 16.3. The normalized spacial score (nSPS) is 24.4. The van der Waals surface area contributed by atoms with Crippen LogP contribution in [0.25, 0.3) is 0 Å². The summed E-state index contributed by atoms with van der Waals surface area (Å²) in [5.41, 5.74) is 0.964. The molecule has 3 rings (SSSR count). The maximum absolute atomic E-state index is 11.6. The average molecular weight is 397 g/mol. The Morgan fingerprint density at radius 1 is 1.37 bits per heavy atom. The summed E-state index contributed by atoms with van der Waals surface area (Å²) in [5.74, 6) is 0.767. The van der Waals surface area contributed by atoms with Crippen molar-refractivity contribution >= 4 is 23.5 Å². The van der Waals surface area contributed by atoms with Crippen LogP contribution in [-0.2, 0) is 16.1 Å². The number of carboxylic acids is 1. The van der Waals surface area contributed by atoms with Crippen LogP contribution in [0.5, 0.6) is 11.5 Å². The van der Waals surface area contributed by atoms with E-state index >= 15 is 0 Å². The van der Waals surface area contributed by atoms with Gasteiger partial charge in [-0.3, -0.25) is 9.69 Å². The van der Waals surface area contributed by atoms with Gasteiger partial charge >= 0.3 is 5.97 Å². The molecule has 27 heavy (non-hydrogen) atoms. The van der Waals surface area contributed by atoms with E-state index in [1.807, 2.05) is 6.07 Å². The van der Waals surface area contributed by atoms with Crippen molar-refractivity contribution in [3.05, 3.63) is 22.7 Å². The number of carbonyl (C=O) groups excluding carboxylic acids is 1. The van der Waals surface area contributed by atoms with Crippen molar-refractivity contribution in [1.82, 2.24) is 10.2 Å². The summed E-state index contributed by atoms with van der Waals surface area (Å²) >= 11 is 6.29. The van der Waals surface area contributed by atoms with Crippen molar-refractivity contribution in [2.24, 2.45) is 11.8 Å². The first kappa shape index (κ1) is 19.8. The Labute approximate surface area is 163 Å². The second-order valence-electron chi connectivity index (χ2n) is 7.36. The number of hydrogen-bond donors (Lipinski definition) is 2. The molecule has 0 radical (unpaired) electrons. The van der Waals surface area contributed by atoms with Crippen LogP contribution < -0.4 is 14.8 Å². The maximum atomic E-state index is 11.6. The Hall–Kier alpha value is -1.99. The summed E-state index contributed by atoms with van der Waals surface area (Å²) < 4.78 is 10.6. The summed E-state index contributed by atoms with van der Waals surface area (Å²) in [6, 6.07) is 4.03. The molecule has 0 bridgehead atoms. The molecule has 0 spiro atoms. The number of methoxy groups -OCH3 is 1. The number of carbonyl (C=O) groups is 2. The van der Waals surface area contributed by atoms with Gasteiger partial charge in [0.15, 0.2) is 18.1 Å². The lowest BCUT2D eigenvalue weighted by atomic mass is 9.89. The van der Waals surface area contributed by atoms with Gasteiger partial charge in [-0.1, -0.05) is 11.6 Å². The van der Waals surface area contributed by atoms with E-state index in [1.165, 1.54) is 7.11 Å². The minimum absolute atomic E-state index is 0.160. The molecule has 2 aliphatic rings. The van der Waals surface area contributed by atoms with E-state index < -0.39 is 12.6 Å². The molecule has 8 heteroatoms. The molecule has 1 aromatic rings. The molecule has 148 valence electrons. The summed E-state index contributed by atoms with van der Waals surface area (Å²) in [5, 5.41) is 12.1. The molecule has 1 aliphatic heterocycles. The van der Waals surface area contributed by atoms with Gasteiger partial charge < -0.3 is 19.9 Å². The van der Waals surface area contributed by atoms with Crippen molar-refractivity contribution in [2.45, 2.75) is 31.8 Å².